The molecule has 4 bridgehead atoms. The van der Waals surface area contributed by atoms with E-state index in [-0.39, 0.29) is 40.8 Å². The van der Waals surface area contributed by atoms with Crippen molar-refractivity contribution in [1.29, 1.82) is 0 Å². The maximum Gasteiger partial charge on any atom is 0.0645 e. The van der Waals surface area contributed by atoms with E-state index in [2.05, 4.69) is 24.3 Å². The van der Waals surface area contributed by atoms with Crippen molar-refractivity contribution in [3.8, 4) is 22.3 Å². The van der Waals surface area contributed by atoms with Crippen molar-refractivity contribution in [2.45, 2.75) is 37.5 Å². The number of benzene rings is 5. The van der Waals surface area contributed by atoms with Gasteiger partial charge in [-0.25, -0.2) is 0 Å². The minimum atomic E-state index is -0.487. The molecule has 1 spiro atoms. The van der Waals surface area contributed by atoms with Crippen LogP contribution in [0.15, 0.2) is 127 Å². The van der Waals surface area contributed by atoms with Gasteiger partial charge in [0.05, 0.1) is 13.7 Å². The van der Waals surface area contributed by atoms with E-state index in [1.165, 1.54) is 12.0 Å². The monoisotopic (exact) mass is 539 g/mol. The summed E-state index contributed by atoms with van der Waals surface area (Å²) in [6, 6.07) is 17.4. The van der Waals surface area contributed by atoms with Gasteiger partial charge in [-0.3, -0.25) is 0 Å². The zero-order valence-electron chi connectivity index (χ0n) is 32.6. The highest BCUT2D eigenvalue weighted by Crippen LogP contribution is 2.70. The molecule has 4 saturated carbocycles. The third-order valence-electron chi connectivity index (χ3n) is 10.4. The lowest BCUT2D eigenvalue weighted by atomic mass is 9.43. The fraction of sp³-hybridized carbons (Fsp3) is 0.250. The fourth-order valence-electron chi connectivity index (χ4n) is 9.31. The SMILES string of the molecule is [2H]c1c([2H])c([2H])c(-c2cc(N(c3ccccc3)c3c([2H])c([2H])c([2H])c([2H])c3[2H])cc3c2-c2ccccc2C32C3CC4CC(C3)CC2C4)c([2H])c1[2H]. The van der Waals surface area contributed by atoms with Crippen LogP contribution in [0.3, 0.4) is 0 Å². The summed E-state index contributed by atoms with van der Waals surface area (Å²) < 4.78 is 87.6. The Morgan fingerprint density at radius 2 is 1.20 bits per heavy atom. The summed E-state index contributed by atoms with van der Waals surface area (Å²) in [4.78, 5) is 1.69. The highest BCUT2D eigenvalue weighted by Gasteiger charge is 2.61. The standard InChI is InChI=1S/C40H35N/c1-4-12-29(13-5-1)36-25-34(41(32-14-6-2-7-15-32)33-16-8-3-9-17-33)26-38-39(36)35-18-10-11-19-37(35)40(38)30-21-27-20-28(23-30)24-31(40)22-27/h1-19,25-28,30-31H,20-24H2/i1D,2D,4D,5D,6D,7D,12D,13D,14D,15D. The lowest BCUT2D eigenvalue weighted by molar-refractivity contribution is -0.0399. The predicted molar refractivity (Wildman–Crippen MR) is 170 cm³/mol. The molecular formula is C40H35N. The summed E-state index contributed by atoms with van der Waals surface area (Å²) in [5.41, 5.74) is 5.35. The topological polar surface area (TPSA) is 3.24 Å². The highest BCUT2D eigenvalue weighted by molar-refractivity contribution is 5.96. The Morgan fingerprint density at radius 1 is 0.561 bits per heavy atom. The molecule has 0 N–H and O–H groups in total. The molecule has 0 atom stereocenters. The maximum atomic E-state index is 9.15. The van der Waals surface area contributed by atoms with Gasteiger partial charge in [-0.05, 0) is 126 Å². The van der Waals surface area contributed by atoms with Gasteiger partial charge in [0.2, 0.25) is 0 Å². The van der Waals surface area contributed by atoms with Crippen molar-refractivity contribution in [3.05, 3.63) is 138 Å². The van der Waals surface area contributed by atoms with Crippen LogP contribution in [0.1, 0.15) is 56.9 Å². The van der Waals surface area contributed by atoms with Crippen molar-refractivity contribution in [2.75, 3.05) is 4.90 Å². The number of hydrogen-bond donors (Lipinski definition) is 0. The summed E-state index contributed by atoms with van der Waals surface area (Å²) in [5.74, 6) is 2.05. The molecule has 0 aromatic heterocycles. The van der Waals surface area contributed by atoms with Gasteiger partial charge >= 0.3 is 0 Å². The van der Waals surface area contributed by atoms with Crippen LogP contribution in [0.4, 0.5) is 17.1 Å². The second kappa shape index (κ2) is 8.95. The summed E-state index contributed by atoms with van der Waals surface area (Å²) in [5, 5.41) is 0. The van der Waals surface area contributed by atoms with Crippen LogP contribution >= 0.6 is 0 Å². The van der Waals surface area contributed by atoms with E-state index in [4.69, 9.17) is 13.7 Å². The number of fused-ring (bicyclic) bond motifs is 3. The summed E-state index contributed by atoms with van der Waals surface area (Å²) >= 11 is 0. The predicted octanol–water partition coefficient (Wildman–Crippen LogP) is 10.5. The molecule has 0 heterocycles. The zero-order valence-corrected chi connectivity index (χ0v) is 22.6. The van der Waals surface area contributed by atoms with Crippen LogP contribution in [0, 0.1) is 23.7 Å². The second-order valence-corrected chi connectivity index (χ2v) is 12.3. The molecule has 5 aromatic rings. The lowest BCUT2D eigenvalue weighted by Gasteiger charge is -2.61. The number of rotatable bonds is 4. The summed E-state index contributed by atoms with van der Waals surface area (Å²) in [7, 11) is 0. The Morgan fingerprint density at radius 3 is 1.90 bits per heavy atom. The average molecular weight is 540 g/mol. The minimum Gasteiger partial charge on any atom is -0.310 e. The minimum absolute atomic E-state index is 0.0196. The van der Waals surface area contributed by atoms with Crippen molar-refractivity contribution < 1.29 is 13.7 Å². The quantitative estimate of drug-likeness (QED) is 0.219. The Balaban J connectivity index is 1.44. The molecule has 0 aliphatic heterocycles. The van der Waals surface area contributed by atoms with Crippen LogP contribution in [0.5, 0.6) is 0 Å². The highest BCUT2D eigenvalue weighted by atomic mass is 15.1. The van der Waals surface area contributed by atoms with E-state index in [0.29, 0.717) is 40.6 Å². The second-order valence-electron chi connectivity index (χ2n) is 12.3. The van der Waals surface area contributed by atoms with Gasteiger partial charge in [-0.1, -0.05) is 90.8 Å². The molecule has 0 unspecified atom stereocenters. The smallest absolute Gasteiger partial charge is 0.0645 e. The fourth-order valence-corrected chi connectivity index (χ4v) is 9.31. The van der Waals surface area contributed by atoms with Crippen molar-refractivity contribution >= 4 is 17.1 Å². The van der Waals surface area contributed by atoms with Gasteiger partial charge < -0.3 is 4.90 Å². The molecular weight excluding hydrogens is 494 g/mol. The van der Waals surface area contributed by atoms with Crippen LogP contribution in [0.25, 0.3) is 22.3 Å². The van der Waals surface area contributed by atoms with Gasteiger partial charge in [-0.2, -0.15) is 0 Å². The zero-order chi connectivity index (χ0) is 35.7. The molecule has 10 rings (SSSR count). The van der Waals surface area contributed by atoms with Gasteiger partial charge in [0.15, 0.2) is 0 Å². The lowest BCUT2D eigenvalue weighted by Crippen LogP contribution is -2.55. The Kier molecular flexibility index (Phi) is 3.44. The summed E-state index contributed by atoms with van der Waals surface area (Å²) in [6.45, 7) is 0. The number of para-hydroxylation sites is 2. The first kappa shape index (κ1) is 15.8. The first-order valence-electron chi connectivity index (χ1n) is 19.7. The van der Waals surface area contributed by atoms with Gasteiger partial charge in [0.25, 0.3) is 0 Å². The molecule has 5 aromatic carbocycles. The molecule has 200 valence electrons. The van der Waals surface area contributed by atoms with Crippen LogP contribution < -0.4 is 4.90 Å². The normalized spacial score (nSPS) is 30.0. The molecule has 0 radical (unpaired) electrons. The van der Waals surface area contributed by atoms with Gasteiger partial charge in [0, 0.05) is 22.5 Å². The molecule has 5 aliphatic carbocycles. The van der Waals surface area contributed by atoms with Crippen molar-refractivity contribution in [2.24, 2.45) is 23.7 Å². The van der Waals surface area contributed by atoms with E-state index in [9.17, 15) is 0 Å². The van der Waals surface area contributed by atoms with E-state index in [1.807, 2.05) is 36.4 Å². The Labute approximate surface area is 257 Å². The molecule has 5 aliphatic rings. The van der Waals surface area contributed by atoms with E-state index >= 15 is 0 Å². The van der Waals surface area contributed by atoms with Crippen molar-refractivity contribution in [1.82, 2.24) is 0 Å². The van der Waals surface area contributed by atoms with E-state index in [1.54, 1.807) is 11.0 Å². The summed E-state index contributed by atoms with van der Waals surface area (Å²) in [6.07, 6.45) is 5.66. The molecule has 1 nitrogen and oxygen atoms in total. The maximum absolute atomic E-state index is 9.15. The largest absolute Gasteiger partial charge is 0.310 e. The number of nitrogens with zero attached hydrogens (tertiary/aromatic N) is 1. The van der Waals surface area contributed by atoms with Crippen LogP contribution in [-0.4, -0.2) is 0 Å². The van der Waals surface area contributed by atoms with Crippen LogP contribution in [-0.2, 0) is 5.41 Å². The molecule has 0 saturated heterocycles. The number of anilines is 3. The number of hydrogen-bond acceptors (Lipinski definition) is 1. The first-order chi connectivity index (χ1) is 24.4. The van der Waals surface area contributed by atoms with E-state index in [0.717, 1.165) is 42.4 Å². The molecule has 4 fully saturated rings. The Hall–Kier alpha value is -4.10. The molecule has 0 amide bonds. The van der Waals surface area contributed by atoms with E-state index < -0.39 is 36.3 Å². The van der Waals surface area contributed by atoms with Crippen LogP contribution in [0.2, 0.25) is 0 Å². The average Bonchev–Trinajstić information content (AvgIpc) is 3.43. The third kappa shape index (κ3) is 3.35. The third-order valence-corrected chi connectivity index (χ3v) is 10.4. The Bertz CT molecular complexity index is 2220. The first-order valence-corrected chi connectivity index (χ1v) is 14.7. The van der Waals surface area contributed by atoms with Gasteiger partial charge in [0.1, 0.15) is 0 Å². The molecule has 1 heteroatoms. The molecule has 41 heavy (non-hydrogen) atoms. The van der Waals surface area contributed by atoms with Gasteiger partial charge in [-0.15, -0.1) is 0 Å². The van der Waals surface area contributed by atoms with Crippen molar-refractivity contribution in [3.63, 3.8) is 0 Å².